The number of amides is 1. The molecule has 2 aromatic carbocycles. The van der Waals surface area contributed by atoms with Gasteiger partial charge in [0.25, 0.3) is 11.7 Å². The third-order valence-electron chi connectivity index (χ3n) is 7.29. The molecule has 3 aliphatic rings. The Balaban J connectivity index is 1.30. The number of fused-ring (bicyclic) bond motifs is 3. The highest BCUT2D eigenvalue weighted by atomic mass is 19.1. The van der Waals surface area contributed by atoms with E-state index in [0.717, 1.165) is 19.3 Å². The summed E-state index contributed by atoms with van der Waals surface area (Å²) >= 11 is 0. The molecule has 4 atom stereocenters. The van der Waals surface area contributed by atoms with Crippen LogP contribution >= 0.6 is 0 Å². The van der Waals surface area contributed by atoms with Gasteiger partial charge in [-0.05, 0) is 66.5 Å². The summed E-state index contributed by atoms with van der Waals surface area (Å²) in [6.45, 7) is 0. The minimum Gasteiger partial charge on any atom is -0.308 e. The van der Waals surface area contributed by atoms with Crippen LogP contribution in [0.3, 0.4) is 0 Å². The number of nitrogens with zero attached hydrogens (tertiary/aromatic N) is 2. The zero-order chi connectivity index (χ0) is 23.3. The van der Waals surface area contributed by atoms with Crippen molar-refractivity contribution >= 4 is 23.2 Å². The van der Waals surface area contributed by atoms with Crippen LogP contribution in [-0.2, 0) is 16.0 Å². The first-order valence-electron chi connectivity index (χ1n) is 11.3. The number of carbonyl (C=O) groups excluding carboxylic acids is 3. The maximum absolute atomic E-state index is 14.9. The van der Waals surface area contributed by atoms with Crippen molar-refractivity contribution in [3.8, 4) is 17.2 Å². The lowest BCUT2D eigenvalue weighted by molar-refractivity contribution is -0.122. The molecule has 0 unspecified atom stereocenters. The van der Waals surface area contributed by atoms with Crippen molar-refractivity contribution in [2.24, 2.45) is 11.8 Å². The Morgan fingerprint density at radius 2 is 1.97 bits per heavy atom. The molecule has 1 aliphatic carbocycles. The summed E-state index contributed by atoms with van der Waals surface area (Å²) in [6.07, 6.45) is 3.50. The molecule has 0 aromatic heterocycles. The van der Waals surface area contributed by atoms with Crippen LogP contribution < -0.4 is 10.2 Å². The minimum atomic E-state index is -0.582. The van der Waals surface area contributed by atoms with Crippen LogP contribution in [0.2, 0.25) is 0 Å². The maximum atomic E-state index is 14.9. The quantitative estimate of drug-likeness (QED) is 0.688. The van der Waals surface area contributed by atoms with Gasteiger partial charge >= 0.3 is 0 Å². The van der Waals surface area contributed by atoms with E-state index in [2.05, 4.69) is 11.4 Å². The van der Waals surface area contributed by atoms with Crippen molar-refractivity contribution in [2.45, 2.75) is 44.2 Å². The van der Waals surface area contributed by atoms with Crippen LogP contribution in [0.15, 0.2) is 36.4 Å². The van der Waals surface area contributed by atoms with Crippen LogP contribution in [0, 0.1) is 29.0 Å². The molecule has 2 aromatic rings. The molecular formula is C26H24FN3O3. The van der Waals surface area contributed by atoms with Gasteiger partial charge in [0, 0.05) is 19.5 Å². The first-order chi connectivity index (χ1) is 15.9. The van der Waals surface area contributed by atoms with Gasteiger partial charge in [-0.15, -0.1) is 0 Å². The summed E-state index contributed by atoms with van der Waals surface area (Å²) in [5, 5.41) is 13.0. The maximum Gasteiger partial charge on any atom is 0.299 e. The Hall–Kier alpha value is -3.37. The fourth-order valence-corrected chi connectivity index (χ4v) is 5.47. The summed E-state index contributed by atoms with van der Waals surface area (Å²) in [7, 11) is 1.54. The predicted octanol–water partition coefficient (Wildman–Crippen LogP) is 3.43. The molecule has 1 N–H and O–H groups in total. The Morgan fingerprint density at radius 1 is 1.21 bits per heavy atom. The normalized spacial score (nSPS) is 24.2. The van der Waals surface area contributed by atoms with Crippen molar-refractivity contribution in [3.63, 3.8) is 0 Å². The van der Waals surface area contributed by atoms with E-state index in [-0.39, 0.29) is 24.7 Å². The van der Waals surface area contributed by atoms with Gasteiger partial charge < -0.3 is 10.2 Å². The number of benzene rings is 2. The standard InChI is InChI=1S/C26H24FN3O3/c1-30-22-12-16(5-7-20(22)25(32)26(30)33)15-2-3-17(21(27)11-15)8-14(13-28)9-23(31)24-18-4-6-19(10-18)29-24/h2-3,5,7,11-12,14,18-19,24,29H,4,6,8-10H2,1H3/t14-,18+,19-,24+/m1/s1. The van der Waals surface area contributed by atoms with Gasteiger partial charge in [0.1, 0.15) is 5.82 Å². The number of likely N-dealkylation sites (N-methyl/N-ethyl adjacent to an activating group) is 1. The largest absolute Gasteiger partial charge is 0.308 e. The predicted molar refractivity (Wildman–Crippen MR) is 120 cm³/mol. The highest BCUT2D eigenvalue weighted by molar-refractivity contribution is 6.52. The molecule has 2 fully saturated rings. The van der Waals surface area contributed by atoms with Gasteiger partial charge in [0.15, 0.2) is 5.78 Å². The molecule has 33 heavy (non-hydrogen) atoms. The number of anilines is 1. The van der Waals surface area contributed by atoms with E-state index in [0.29, 0.717) is 39.9 Å². The molecule has 5 rings (SSSR count). The number of piperidine rings is 1. The molecule has 6 nitrogen and oxygen atoms in total. The summed E-state index contributed by atoms with van der Waals surface area (Å²) in [4.78, 5) is 37.9. The second-order valence-electron chi connectivity index (χ2n) is 9.35. The van der Waals surface area contributed by atoms with Gasteiger partial charge in [-0.2, -0.15) is 5.26 Å². The molecule has 0 radical (unpaired) electrons. The fourth-order valence-electron chi connectivity index (χ4n) is 5.47. The van der Waals surface area contributed by atoms with E-state index in [1.54, 1.807) is 30.3 Å². The van der Waals surface area contributed by atoms with Gasteiger partial charge in [-0.3, -0.25) is 14.4 Å². The van der Waals surface area contributed by atoms with Gasteiger partial charge in [-0.1, -0.05) is 18.2 Å². The molecule has 2 bridgehead atoms. The van der Waals surface area contributed by atoms with Gasteiger partial charge in [0.05, 0.1) is 29.3 Å². The van der Waals surface area contributed by atoms with Crippen LogP contribution in [0.25, 0.3) is 11.1 Å². The molecule has 0 spiro atoms. The van der Waals surface area contributed by atoms with Crippen molar-refractivity contribution in [1.29, 1.82) is 5.26 Å². The number of rotatable bonds is 6. The number of carbonyl (C=O) groups is 3. The van der Waals surface area contributed by atoms with E-state index in [1.807, 2.05) is 0 Å². The zero-order valence-electron chi connectivity index (χ0n) is 18.3. The van der Waals surface area contributed by atoms with Crippen molar-refractivity contribution in [2.75, 3.05) is 11.9 Å². The number of hydrogen-bond acceptors (Lipinski definition) is 5. The monoisotopic (exact) mass is 445 g/mol. The lowest BCUT2D eigenvalue weighted by atomic mass is 9.88. The average Bonchev–Trinajstić information content (AvgIpc) is 3.51. The molecule has 1 amide bonds. The second-order valence-corrected chi connectivity index (χ2v) is 9.35. The summed E-state index contributed by atoms with van der Waals surface area (Å²) in [6, 6.07) is 12.2. The van der Waals surface area contributed by atoms with E-state index in [9.17, 15) is 24.0 Å². The first-order valence-corrected chi connectivity index (χ1v) is 11.3. The number of nitrogens with one attached hydrogen (secondary N) is 1. The zero-order valence-corrected chi connectivity index (χ0v) is 18.3. The third kappa shape index (κ3) is 3.75. The lowest BCUT2D eigenvalue weighted by Gasteiger charge is -2.22. The third-order valence-corrected chi connectivity index (χ3v) is 7.29. The van der Waals surface area contributed by atoms with Crippen LogP contribution in [0.1, 0.15) is 41.6 Å². The van der Waals surface area contributed by atoms with E-state index in [1.165, 1.54) is 18.0 Å². The first kappa shape index (κ1) is 21.5. The van der Waals surface area contributed by atoms with Crippen molar-refractivity contribution in [3.05, 3.63) is 53.3 Å². The Morgan fingerprint density at radius 3 is 2.64 bits per heavy atom. The Labute approximate surface area is 191 Å². The minimum absolute atomic E-state index is 0.0529. The van der Waals surface area contributed by atoms with Gasteiger partial charge in [0.2, 0.25) is 0 Å². The molecule has 2 heterocycles. The number of hydrogen-bond donors (Lipinski definition) is 1. The molecule has 2 aliphatic heterocycles. The topological polar surface area (TPSA) is 90.3 Å². The van der Waals surface area contributed by atoms with Crippen LogP contribution in [-0.4, -0.2) is 36.6 Å². The molecule has 7 heteroatoms. The van der Waals surface area contributed by atoms with E-state index >= 15 is 0 Å². The van der Waals surface area contributed by atoms with Gasteiger partial charge in [-0.25, -0.2) is 4.39 Å². The highest BCUT2D eigenvalue weighted by Gasteiger charge is 2.42. The Bertz CT molecular complexity index is 1220. The summed E-state index contributed by atoms with van der Waals surface area (Å²) in [5.74, 6) is -1.73. The SMILES string of the molecule is CN1C(=O)C(=O)c2ccc(-c3ccc(C[C@@H](C#N)CC(=O)[C@H]4N[C@@H]5CC[C@H]4C5)c(F)c3)cc21. The number of Topliss-reactive ketones (excluding diaryl/α,β-unsaturated/α-hetero) is 2. The molecule has 168 valence electrons. The molecule has 1 saturated carbocycles. The average molecular weight is 445 g/mol. The van der Waals surface area contributed by atoms with Crippen molar-refractivity contribution < 1.29 is 18.8 Å². The molecule has 1 saturated heterocycles. The Kier molecular flexibility index (Phi) is 5.34. The molecular weight excluding hydrogens is 421 g/mol. The summed E-state index contributed by atoms with van der Waals surface area (Å²) < 4.78 is 14.9. The smallest absolute Gasteiger partial charge is 0.299 e. The summed E-state index contributed by atoms with van der Waals surface area (Å²) in [5.41, 5.74) is 2.53. The second kappa shape index (κ2) is 8.20. The number of ketones is 2. The van der Waals surface area contributed by atoms with Crippen LogP contribution in [0.5, 0.6) is 0 Å². The highest BCUT2D eigenvalue weighted by Crippen LogP contribution is 2.37. The van der Waals surface area contributed by atoms with Crippen molar-refractivity contribution in [1.82, 2.24) is 5.32 Å². The van der Waals surface area contributed by atoms with E-state index < -0.39 is 23.4 Å². The number of nitriles is 1. The van der Waals surface area contributed by atoms with E-state index in [4.69, 9.17) is 0 Å². The number of halogens is 1. The van der Waals surface area contributed by atoms with Crippen LogP contribution in [0.4, 0.5) is 10.1 Å². The lowest BCUT2D eigenvalue weighted by Crippen LogP contribution is -2.42. The fraction of sp³-hybridized carbons (Fsp3) is 0.385.